The van der Waals surface area contributed by atoms with Crippen molar-refractivity contribution in [1.82, 2.24) is 10.1 Å². The van der Waals surface area contributed by atoms with Crippen molar-refractivity contribution in [3.8, 4) is 11.1 Å². The molecule has 0 unspecified atom stereocenters. The van der Waals surface area contributed by atoms with E-state index < -0.39 is 5.91 Å². The molecule has 0 saturated carbocycles. The number of primary amides is 1. The van der Waals surface area contributed by atoms with Gasteiger partial charge < -0.3 is 10.3 Å². The molecule has 3 aromatic rings. The van der Waals surface area contributed by atoms with Crippen molar-refractivity contribution in [2.45, 2.75) is 12.8 Å². The summed E-state index contributed by atoms with van der Waals surface area (Å²) in [5, 5.41) is 4.24. The van der Waals surface area contributed by atoms with Gasteiger partial charge in [-0.2, -0.15) is 4.98 Å². The Labute approximate surface area is 138 Å². The summed E-state index contributed by atoms with van der Waals surface area (Å²) in [6.45, 7) is 0. The van der Waals surface area contributed by atoms with E-state index in [0.29, 0.717) is 12.3 Å². The van der Waals surface area contributed by atoms with E-state index in [1.54, 1.807) is 0 Å². The van der Waals surface area contributed by atoms with Crippen LogP contribution in [0.5, 0.6) is 0 Å². The van der Waals surface area contributed by atoms with Crippen LogP contribution in [0.3, 0.4) is 0 Å². The number of rotatable bonds is 5. The van der Waals surface area contributed by atoms with Crippen LogP contribution in [0.1, 0.15) is 22.1 Å². The van der Waals surface area contributed by atoms with Gasteiger partial charge >= 0.3 is 0 Å². The van der Waals surface area contributed by atoms with Gasteiger partial charge in [0.25, 0.3) is 11.7 Å². The number of amides is 1. The topological polar surface area (TPSA) is 82.0 Å². The molecule has 116 valence electrons. The molecule has 0 aliphatic carbocycles. The quantitative estimate of drug-likeness (QED) is 0.779. The third-order valence-electron chi connectivity index (χ3n) is 3.45. The zero-order chi connectivity index (χ0) is 16.2. The second-order valence-electron chi connectivity index (χ2n) is 5.08. The molecule has 0 saturated heterocycles. The van der Waals surface area contributed by atoms with E-state index in [9.17, 15) is 4.79 Å². The Kier molecular flexibility index (Phi) is 4.39. The first kappa shape index (κ1) is 15.2. The van der Waals surface area contributed by atoms with Gasteiger partial charge in [0, 0.05) is 11.4 Å². The molecule has 0 fully saturated rings. The fraction of sp³-hybridized carbons (Fsp3) is 0.118. The molecule has 6 heteroatoms. The maximum absolute atomic E-state index is 10.9. The van der Waals surface area contributed by atoms with Crippen molar-refractivity contribution < 1.29 is 9.32 Å². The minimum Gasteiger partial charge on any atom is -0.363 e. The molecule has 1 heterocycles. The molecule has 0 bridgehead atoms. The van der Waals surface area contributed by atoms with Crippen LogP contribution in [0.15, 0.2) is 53.1 Å². The normalized spacial score (nSPS) is 10.7. The molecule has 0 atom stereocenters. The first-order chi connectivity index (χ1) is 11.1. The van der Waals surface area contributed by atoms with Crippen molar-refractivity contribution >= 4 is 17.5 Å². The molecular formula is C17H14ClN3O2. The largest absolute Gasteiger partial charge is 0.363 e. The summed E-state index contributed by atoms with van der Waals surface area (Å²) in [5.74, 6) is -0.369. The maximum atomic E-state index is 10.9. The molecule has 23 heavy (non-hydrogen) atoms. The Bertz CT molecular complexity index is 811. The highest BCUT2D eigenvalue weighted by molar-refractivity contribution is 6.30. The molecule has 0 aliphatic heterocycles. The predicted octanol–water partition coefficient (Wildman–Crippen LogP) is 3.27. The summed E-state index contributed by atoms with van der Waals surface area (Å²) < 4.78 is 4.98. The van der Waals surface area contributed by atoms with Crippen molar-refractivity contribution in [1.29, 1.82) is 0 Å². The lowest BCUT2D eigenvalue weighted by atomic mass is 10.0. The summed E-state index contributed by atoms with van der Waals surface area (Å²) in [5.41, 5.74) is 8.46. The monoisotopic (exact) mass is 327 g/mol. The van der Waals surface area contributed by atoms with E-state index in [2.05, 4.69) is 34.4 Å². The zero-order valence-corrected chi connectivity index (χ0v) is 13.0. The lowest BCUT2D eigenvalue weighted by Crippen LogP contribution is -2.12. The molecule has 2 N–H and O–H groups in total. The van der Waals surface area contributed by atoms with E-state index in [4.69, 9.17) is 21.9 Å². The highest BCUT2D eigenvalue weighted by Crippen LogP contribution is 2.22. The first-order valence-electron chi connectivity index (χ1n) is 7.09. The number of carbonyl (C=O) groups excluding carboxylic acids is 1. The average molecular weight is 328 g/mol. The summed E-state index contributed by atoms with van der Waals surface area (Å²) >= 11 is 5.90. The van der Waals surface area contributed by atoms with Crippen LogP contribution in [-0.4, -0.2) is 16.0 Å². The molecule has 1 aromatic heterocycles. The Morgan fingerprint density at radius 2 is 1.61 bits per heavy atom. The maximum Gasteiger partial charge on any atom is 0.290 e. The van der Waals surface area contributed by atoms with Gasteiger partial charge in [0.2, 0.25) is 5.89 Å². The molecule has 0 spiro atoms. The molecule has 2 aromatic carbocycles. The number of aryl methyl sites for hydroxylation is 2. The second-order valence-corrected chi connectivity index (χ2v) is 5.52. The van der Waals surface area contributed by atoms with E-state index in [1.165, 1.54) is 0 Å². The minimum absolute atomic E-state index is 0.0851. The number of nitrogens with zero attached hydrogens (tertiary/aromatic N) is 2. The lowest BCUT2D eigenvalue weighted by Gasteiger charge is -2.04. The van der Waals surface area contributed by atoms with Crippen molar-refractivity contribution in [2.75, 3.05) is 0 Å². The Morgan fingerprint density at radius 3 is 2.17 bits per heavy atom. The zero-order valence-electron chi connectivity index (χ0n) is 12.2. The van der Waals surface area contributed by atoms with Crippen LogP contribution in [-0.2, 0) is 12.8 Å². The van der Waals surface area contributed by atoms with Crippen molar-refractivity contribution in [3.63, 3.8) is 0 Å². The standard InChI is InChI=1S/C17H14ClN3O2/c18-14-8-6-13(7-9-14)12-4-1-11(2-5-12)3-10-15-20-17(16(19)22)21-23-15/h1-2,4-9H,3,10H2,(H2,19,22). The summed E-state index contributed by atoms with van der Waals surface area (Å²) in [6.07, 6.45) is 1.29. The Hall–Kier alpha value is -2.66. The Balaban J connectivity index is 1.65. The summed E-state index contributed by atoms with van der Waals surface area (Å²) in [4.78, 5) is 14.8. The molecule has 0 aliphatic rings. The first-order valence-corrected chi connectivity index (χ1v) is 7.47. The van der Waals surface area contributed by atoms with Gasteiger partial charge in [-0.3, -0.25) is 4.79 Å². The van der Waals surface area contributed by atoms with Gasteiger partial charge in [0.05, 0.1) is 0 Å². The third-order valence-corrected chi connectivity index (χ3v) is 3.70. The smallest absolute Gasteiger partial charge is 0.290 e. The molecule has 1 amide bonds. The van der Waals surface area contributed by atoms with Crippen LogP contribution in [0.4, 0.5) is 0 Å². The minimum atomic E-state index is -0.688. The number of hydrogen-bond acceptors (Lipinski definition) is 4. The van der Waals surface area contributed by atoms with Crippen molar-refractivity contribution in [3.05, 3.63) is 70.8 Å². The van der Waals surface area contributed by atoms with Gasteiger partial charge in [0.15, 0.2) is 0 Å². The number of aromatic nitrogens is 2. The van der Waals surface area contributed by atoms with Crippen LogP contribution in [0.2, 0.25) is 5.02 Å². The fourth-order valence-electron chi connectivity index (χ4n) is 2.21. The lowest BCUT2D eigenvalue weighted by molar-refractivity contribution is 0.0987. The molecule has 5 nitrogen and oxygen atoms in total. The average Bonchev–Trinajstić information content (AvgIpc) is 3.04. The number of halogens is 1. The third kappa shape index (κ3) is 3.76. The van der Waals surface area contributed by atoms with E-state index in [-0.39, 0.29) is 5.82 Å². The van der Waals surface area contributed by atoms with Gasteiger partial charge in [-0.1, -0.05) is 53.2 Å². The van der Waals surface area contributed by atoms with E-state index in [0.717, 1.165) is 28.1 Å². The van der Waals surface area contributed by atoms with E-state index in [1.807, 2.05) is 24.3 Å². The Morgan fingerprint density at radius 1 is 1.00 bits per heavy atom. The second kappa shape index (κ2) is 6.62. The summed E-state index contributed by atoms with van der Waals surface area (Å²) in [6, 6.07) is 15.9. The molecule has 3 rings (SSSR count). The van der Waals surface area contributed by atoms with Gasteiger partial charge in [-0.05, 0) is 35.2 Å². The van der Waals surface area contributed by atoms with Crippen molar-refractivity contribution in [2.24, 2.45) is 5.73 Å². The SMILES string of the molecule is NC(=O)c1noc(CCc2ccc(-c3ccc(Cl)cc3)cc2)n1. The highest BCUT2D eigenvalue weighted by Gasteiger charge is 2.10. The fourth-order valence-corrected chi connectivity index (χ4v) is 2.34. The summed E-state index contributed by atoms with van der Waals surface area (Å²) in [7, 11) is 0. The van der Waals surface area contributed by atoms with Crippen LogP contribution in [0, 0.1) is 0 Å². The van der Waals surface area contributed by atoms with Gasteiger partial charge in [-0.15, -0.1) is 0 Å². The number of benzene rings is 2. The molecular weight excluding hydrogens is 314 g/mol. The highest BCUT2D eigenvalue weighted by atomic mass is 35.5. The van der Waals surface area contributed by atoms with Gasteiger partial charge in [-0.25, -0.2) is 0 Å². The molecule has 0 radical (unpaired) electrons. The van der Waals surface area contributed by atoms with Gasteiger partial charge in [0.1, 0.15) is 0 Å². The van der Waals surface area contributed by atoms with Crippen LogP contribution in [0.25, 0.3) is 11.1 Å². The number of carbonyl (C=O) groups is 1. The van der Waals surface area contributed by atoms with Crippen LogP contribution < -0.4 is 5.73 Å². The van der Waals surface area contributed by atoms with Crippen LogP contribution >= 0.6 is 11.6 Å². The predicted molar refractivity (Wildman–Crippen MR) is 87.1 cm³/mol. The number of hydrogen-bond donors (Lipinski definition) is 1. The van der Waals surface area contributed by atoms with E-state index >= 15 is 0 Å². The number of nitrogens with two attached hydrogens (primary N) is 1.